The van der Waals surface area contributed by atoms with E-state index in [9.17, 15) is 5.11 Å². The van der Waals surface area contributed by atoms with E-state index < -0.39 is 6.10 Å². The van der Waals surface area contributed by atoms with Crippen molar-refractivity contribution < 1.29 is 5.11 Å². The third-order valence-electron chi connectivity index (χ3n) is 3.47. The molecule has 2 aromatic rings. The SMILES string of the molecule is C[C@@H](O)c1ccnc(N(Cc2ccsc2)C2CC2)c1. The molecule has 1 aliphatic rings. The molecule has 0 amide bonds. The quantitative estimate of drug-likeness (QED) is 0.908. The lowest BCUT2D eigenvalue weighted by Crippen LogP contribution is -2.25. The highest BCUT2D eigenvalue weighted by Crippen LogP contribution is 2.33. The van der Waals surface area contributed by atoms with Crippen LogP contribution in [0.4, 0.5) is 5.82 Å². The Morgan fingerprint density at radius 2 is 2.32 bits per heavy atom. The van der Waals surface area contributed by atoms with Crippen LogP contribution in [0, 0.1) is 0 Å². The Kier molecular flexibility index (Phi) is 3.53. The summed E-state index contributed by atoms with van der Waals surface area (Å²) in [5.74, 6) is 0.979. The molecule has 0 spiro atoms. The van der Waals surface area contributed by atoms with Gasteiger partial charge in [-0.15, -0.1) is 0 Å². The van der Waals surface area contributed by atoms with Gasteiger partial charge in [-0.3, -0.25) is 0 Å². The van der Waals surface area contributed by atoms with E-state index in [4.69, 9.17) is 0 Å². The largest absolute Gasteiger partial charge is 0.389 e. The number of anilines is 1. The van der Waals surface area contributed by atoms with Crippen molar-refractivity contribution >= 4 is 17.2 Å². The van der Waals surface area contributed by atoms with E-state index in [2.05, 4.69) is 26.7 Å². The highest BCUT2D eigenvalue weighted by molar-refractivity contribution is 7.07. The second-order valence-electron chi connectivity index (χ2n) is 5.11. The Bertz CT molecular complexity index is 535. The number of hydrogen-bond acceptors (Lipinski definition) is 4. The molecule has 19 heavy (non-hydrogen) atoms. The Balaban J connectivity index is 1.85. The third kappa shape index (κ3) is 2.96. The third-order valence-corrected chi connectivity index (χ3v) is 4.20. The van der Waals surface area contributed by atoms with Crippen LogP contribution in [0.2, 0.25) is 0 Å². The van der Waals surface area contributed by atoms with Gasteiger partial charge >= 0.3 is 0 Å². The van der Waals surface area contributed by atoms with E-state index in [0.717, 1.165) is 17.9 Å². The van der Waals surface area contributed by atoms with Crippen molar-refractivity contribution in [2.45, 2.75) is 38.5 Å². The maximum atomic E-state index is 9.70. The summed E-state index contributed by atoms with van der Waals surface area (Å²) >= 11 is 1.73. The summed E-state index contributed by atoms with van der Waals surface area (Å²) in [4.78, 5) is 6.84. The van der Waals surface area contributed by atoms with Gasteiger partial charge in [-0.1, -0.05) is 0 Å². The number of aromatic nitrogens is 1. The lowest BCUT2D eigenvalue weighted by molar-refractivity contribution is 0.199. The minimum atomic E-state index is -0.441. The zero-order valence-electron chi connectivity index (χ0n) is 11.0. The molecule has 1 aliphatic carbocycles. The highest BCUT2D eigenvalue weighted by Gasteiger charge is 2.30. The molecule has 0 saturated heterocycles. The molecule has 0 radical (unpaired) electrons. The first-order valence-electron chi connectivity index (χ1n) is 6.66. The minimum absolute atomic E-state index is 0.441. The van der Waals surface area contributed by atoms with Gasteiger partial charge in [0, 0.05) is 18.8 Å². The van der Waals surface area contributed by atoms with Crippen LogP contribution in [-0.2, 0) is 6.54 Å². The topological polar surface area (TPSA) is 36.4 Å². The first kappa shape index (κ1) is 12.6. The van der Waals surface area contributed by atoms with Crippen LogP contribution >= 0.6 is 11.3 Å². The summed E-state index contributed by atoms with van der Waals surface area (Å²) in [5.41, 5.74) is 2.27. The molecule has 100 valence electrons. The van der Waals surface area contributed by atoms with E-state index in [-0.39, 0.29) is 0 Å². The van der Waals surface area contributed by atoms with Gasteiger partial charge in [-0.05, 0) is 59.9 Å². The van der Waals surface area contributed by atoms with Crippen LogP contribution < -0.4 is 4.90 Å². The fourth-order valence-corrected chi connectivity index (χ4v) is 2.87. The molecule has 0 unspecified atom stereocenters. The van der Waals surface area contributed by atoms with Crippen molar-refractivity contribution in [2.24, 2.45) is 0 Å². The van der Waals surface area contributed by atoms with Crippen LogP contribution in [0.3, 0.4) is 0 Å². The van der Waals surface area contributed by atoms with Crippen molar-refractivity contribution in [3.8, 4) is 0 Å². The molecule has 1 fully saturated rings. The second-order valence-corrected chi connectivity index (χ2v) is 5.89. The minimum Gasteiger partial charge on any atom is -0.389 e. The molecule has 2 aromatic heterocycles. The van der Waals surface area contributed by atoms with Crippen LogP contribution in [0.15, 0.2) is 35.2 Å². The molecule has 1 N–H and O–H groups in total. The number of aliphatic hydroxyl groups is 1. The van der Waals surface area contributed by atoms with Crippen LogP contribution in [0.1, 0.15) is 37.0 Å². The van der Waals surface area contributed by atoms with Gasteiger partial charge in [-0.2, -0.15) is 11.3 Å². The predicted molar refractivity (Wildman–Crippen MR) is 78.4 cm³/mol. The van der Waals surface area contributed by atoms with E-state index >= 15 is 0 Å². The van der Waals surface area contributed by atoms with E-state index in [1.165, 1.54) is 18.4 Å². The monoisotopic (exact) mass is 274 g/mol. The summed E-state index contributed by atoms with van der Waals surface area (Å²) in [5, 5.41) is 14.0. The normalized spacial score (nSPS) is 16.3. The molecule has 3 rings (SSSR count). The zero-order chi connectivity index (χ0) is 13.2. The smallest absolute Gasteiger partial charge is 0.129 e. The Labute approximate surface area is 117 Å². The van der Waals surface area contributed by atoms with Crippen LogP contribution in [-0.4, -0.2) is 16.1 Å². The van der Waals surface area contributed by atoms with Crippen molar-refractivity contribution in [1.82, 2.24) is 4.98 Å². The summed E-state index contributed by atoms with van der Waals surface area (Å²) in [6.45, 7) is 2.70. The van der Waals surface area contributed by atoms with E-state index in [0.29, 0.717) is 6.04 Å². The van der Waals surface area contributed by atoms with Gasteiger partial charge in [0.25, 0.3) is 0 Å². The molecule has 0 aliphatic heterocycles. The maximum Gasteiger partial charge on any atom is 0.129 e. The highest BCUT2D eigenvalue weighted by atomic mass is 32.1. The summed E-state index contributed by atoms with van der Waals surface area (Å²) in [6.07, 6.45) is 3.83. The molecule has 2 heterocycles. The fraction of sp³-hybridized carbons (Fsp3) is 0.400. The molecule has 4 heteroatoms. The first-order chi connectivity index (χ1) is 9.24. The van der Waals surface area contributed by atoms with Gasteiger partial charge in [0.15, 0.2) is 0 Å². The summed E-state index contributed by atoms with van der Waals surface area (Å²) < 4.78 is 0. The van der Waals surface area contributed by atoms with E-state index in [1.54, 1.807) is 24.5 Å². The Hall–Kier alpha value is -1.39. The molecule has 0 bridgehead atoms. The standard InChI is InChI=1S/C15H18N2OS/c1-11(18)13-4-6-16-15(8-13)17(14-2-3-14)9-12-5-7-19-10-12/h4-8,10-11,14,18H,2-3,9H2,1H3/t11-/m1/s1. The number of nitrogens with zero attached hydrogens (tertiary/aromatic N) is 2. The van der Waals surface area contributed by atoms with Gasteiger partial charge in [0.1, 0.15) is 5.82 Å². The molecular weight excluding hydrogens is 256 g/mol. The van der Waals surface area contributed by atoms with Crippen molar-refractivity contribution in [3.63, 3.8) is 0 Å². The van der Waals surface area contributed by atoms with Gasteiger partial charge in [-0.25, -0.2) is 4.98 Å². The summed E-state index contributed by atoms with van der Waals surface area (Å²) in [7, 11) is 0. The van der Waals surface area contributed by atoms with Crippen molar-refractivity contribution in [2.75, 3.05) is 4.90 Å². The van der Waals surface area contributed by atoms with E-state index in [1.807, 2.05) is 12.1 Å². The Morgan fingerprint density at radius 3 is 2.95 bits per heavy atom. The molecule has 0 aromatic carbocycles. The average Bonchev–Trinajstić information content (AvgIpc) is 3.13. The number of pyridine rings is 1. The second kappa shape index (κ2) is 5.31. The maximum absolute atomic E-state index is 9.70. The molecule has 1 saturated carbocycles. The fourth-order valence-electron chi connectivity index (χ4n) is 2.21. The van der Waals surface area contributed by atoms with Gasteiger partial charge in [0.2, 0.25) is 0 Å². The lowest BCUT2D eigenvalue weighted by atomic mass is 10.1. The number of aliphatic hydroxyl groups excluding tert-OH is 1. The number of rotatable bonds is 5. The lowest BCUT2D eigenvalue weighted by Gasteiger charge is -2.23. The predicted octanol–water partition coefficient (Wildman–Crippen LogP) is 3.37. The van der Waals surface area contributed by atoms with Gasteiger partial charge in [0.05, 0.1) is 6.10 Å². The number of thiophene rings is 1. The van der Waals surface area contributed by atoms with Crippen molar-refractivity contribution in [3.05, 3.63) is 46.3 Å². The average molecular weight is 274 g/mol. The van der Waals surface area contributed by atoms with Gasteiger partial charge < -0.3 is 10.0 Å². The number of hydrogen-bond donors (Lipinski definition) is 1. The van der Waals surface area contributed by atoms with Crippen LogP contribution in [0.5, 0.6) is 0 Å². The first-order valence-corrected chi connectivity index (χ1v) is 7.60. The molecular formula is C15H18N2OS. The summed E-state index contributed by atoms with van der Waals surface area (Å²) in [6, 6.07) is 6.66. The molecule has 1 atom stereocenters. The van der Waals surface area contributed by atoms with Crippen LogP contribution in [0.25, 0.3) is 0 Å². The zero-order valence-corrected chi connectivity index (χ0v) is 11.8. The van der Waals surface area contributed by atoms with Crippen molar-refractivity contribution in [1.29, 1.82) is 0 Å². The molecule has 3 nitrogen and oxygen atoms in total. The Morgan fingerprint density at radius 1 is 1.47 bits per heavy atom.